The van der Waals surface area contributed by atoms with Crippen LogP contribution < -0.4 is 26.6 Å². The van der Waals surface area contributed by atoms with Gasteiger partial charge in [-0.15, -0.1) is 0 Å². The number of nitrogens with one attached hydrogen (secondary N) is 5. The van der Waals surface area contributed by atoms with Crippen molar-refractivity contribution in [2.24, 2.45) is 11.8 Å². The molecule has 16 heteroatoms. The van der Waals surface area contributed by atoms with Gasteiger partial charge in [0.2, 0.25) is 29.7 Å². The molecule has 5 atom stereocenters. The molecule has 0 radical (unpaired) electrons. The number of carboxylic acid groups (broad SMARTS) is 1. The fourth-order valence-electron chi connectivity index (χ4n) is 4.35. The van der Waals surface area contributed by atoms with Gasteiger partial charge >= 0.3 is 17.9 Å². The highest BCUT2D eigenvalue weighted by Crippen LogP contribution is 2.17. The van der Waals surface area contributed by atoms with Gasteiger partial charge in [0.15, 0.2) is 0 Å². The normalized spacial score (nSPS) is 14.2. The first-order chi connectivity index (χ1) is 22.1. The molecule has 1 aromatic carbocycles. The second-order valence-electron chi connectivity index (χ2n) is 11.7. The van der Waals surface area contributed by atoms with E-state index in [0.717, 1.165) is 5.56 Å². The number of ether oxygens (including phenoxy) is 2. The lowest BCUT2D eigenvalue weighted by Crippen LogP contribution is -2.49. The van der Waals surface area contributed by atoms with Crippen LogP contribution in [0.4, 0.5) is 17.8 Å². The van der Waals surface area contributed by atoms with Crippen molar-refractivity contribution in [2.75, 3.05) is 30.2 Å². The minimum atomic E-state index is -1.18. The van der Waals surface area contributed by atoms with Gasteiger partial charge in [-0.05, 0) is 37.7 Å². The van der Waals surface area contributed by atoms with Gasteiger partial charge in [-0.3, -0.25) is 14.4 Å². The van der Waals surface area contributed by atoms with Gasteiger partial charge in [0.25, 0.3) is 0 Å². The monoisotopic (exact) mass is 658 g/mol. The number of benzene rings is 1. The minimum absolute atomic E-state index is 0.0728. The number of aliphatic carboxylic acids is 1. The summed E-state index contributed by atoms with van der Waals surface area (Å²) in [5.74, 6) is -4.12. The first-order valence-corrected chi connectivity index (χ1v) is 15.2. The molecule has 2 aromatic rings. The number of hydrogen-bond acceptors (Lipinski definition) is 13. The zero-order valence-electron chi connectivity index (χ0n) is 28.0. The quantitative estimate of drug-likeness (QED) is 0.125. The predicted molar refractivity (Wildman–Crippen MR) is 173 cm³/mol. The van der Waals surface area contributed by atoms with Crippen LogP contribution in [0.5, 0.6) is 0 Å². The second kappa shape index (κ2) is 18.2. The van der Waals surface area contributed by atoms with Crippen molar-refractivity contribution in [3.63, 3.8) is 0 Å². The summed E-state index contributed by atoms with van der Waals surface area (Å²) >= 11 is 0. The maximum Gasteiger partial charge on any atom is 0.328 e. The van der Waals surface area contributed by atoms with E-state index in [1.807, 2.05) is 44.2 Å². The van der Waals surface area contributed by atoms with Crippen LogP contribution in [0.3, 0.4) is 0 Å². The molecule has 2 amide bonds. The molecule has 0 bridgehead atoms. The van der Waals surface area contributed by atoms with Crippen molar-refractivity contribution >= 4 is 47.6 Å². The lowest BCUT2D eigenvalue weighted by Gasteiger charge is -2.25. The van der Waals surface area contributed by atoms with Crippen molar-refractivity contribution in [1.29, 1.82) is 0 Å². The molecule has 0 aliphatic carbocycles. The molecule has 6 N–H and O–H groups in total. The Morgan fingerprint density at radius 2 is 1.26 bits per heavy atom. The number of rotatable bonds is 18. The molecule has 0 spiro atoms. The SMILES string of the molecule is COC(=O)[C@H](C)NC(=O)[C@@H](Nc1nc(N[C@@H](C)C(=O)O)nc(N[C@@H](Cc2ccccc2)C(=O)N[C@@H](CC(C)C)C(=O)OC)n1)C(C)C. The maximum absolute atomic E-state index is 13.7. The first-order valence-electron chi connectivity index (χ1n) is 15.2. The summed E-state index contributed by atoms with van der Waals surface area (Å²) in [6.07, 6.45) is 0.498. The zero-order valence-corrected chi connectivity index (χ0v) is 28.0. The van der Waals surface area contributed by atoms with Gasteiger partial charge in [0, 0.05) is 6.42 Å². The number of nitrogens with zero attached hydrogens (tertiary/aromatic N) is 3. The van der Waals surface area contributed by atoms with Crippen molar-refractivity contribution in [3.8, 4) is 0 Å². The summed E-state index contributed by atoms with van der Waals surface area (Å²) in [5, 5.41) is 23.4. The third-order valence-electron chi connectivity index (χ3n) is 6.91. The number of carbonyl (C=O) groups is 5. The molecule has 0 aliphatic heterocycles. The van der Waals surface area contributed by atoms with Crippen LogP contribution in [-0.4, -0.2) is 94.2 Å². The van der Waals surface area contributed by atoms with Crippen molar-refractivity contribution in [2.45, 2.75) is 84.6 Å². The van der Waals surface area contributed by atoms with Crippen LogP contribution in [-0.2, 0) is 39.9 Å². The minimum Gasteiger partial charge on any atom is -0.480 e. The van der Waals surface area contributed by atoms with E-state index in [1.165, 1.54) is 28.1 Å². The van der Waals surface area contributed by atoms with E-state index in [9.17, 15) is 29.1 Å². The Bertz CT molecular complexity index is 1370. The molecular weight excluding hydrogens is 612 g/mol. The number of aromatic nitrogens is 3. The molecule has 16 nitrogen and oxygen atoms in total. The van der Waals surface area contributed by atoms with Gasteiger partial charge in [-0.2, -0.15) is 15.0 Å². The Balaban J connectivity index is 2.52. The largest absolute Gasteiger partial charge is 0.480 e. The smallest absolute Gasteiger partial charge is 0.328 e. The van der Waals surface area contributed by atoms with Gasteiger partial charge < -0.3 is 41.2 Å². The van der Waals surface area contributed by atoms with Crippen LogP contribution in [0.2, 0.25) is 0 Å². The molecule has 0 unspecified atom stereocenters. The van der Waals surface area contributed by atoms with Crippen LogP contribution in [0.25, 0.3) is 0 Å². The summed E-state index contributed by atoms with van der Waals surface area (Å²) in [5.41, 5.74) is 0.792. The van der Waals surface area contributed by atoms with E-state index in [-0.39, 0.29) is 36.1 Å². The highest BCUT2D eigenvalue weighted by molar-refractivity contribution is 5.90. The second-order valence-corrected chi connectivity index (χ2v) is 11.7. The number of anilines is 3. The molecule has 1 heterocycles. The Morgan fingerprint density at radius 1 is 0.702 bits per heavy atom. The van der Waals surface area contributed by atoms with Crippen molar-refractivity contribution < 1.29 is 38.6 Å². The third kappa shape index (κ3) is 12.4. The fourth-order valence-corrected chi connectivity index (χ4v) is 4.35. The third-order valence-corrected chi connectivity index (χ3v) is 6.91. The van der Waals surface area contributed by atoms with E-state index >= 15 is 0 Å². The van der Waals surface area contributed by atoms with Crippen molar-refractivity contribution in [1.82, 2.24) is 25.6 Å². The molecule has 0 aliphatic rings. The van der Waals surface area contributed by atoms with E-state index in [4.69, 9.17) is 9.47 Å². The number of carboxylic acids is 1. The summed E-state index contributed by atoms with van der Waals surface area (Å²) in [6, 6.07) is 4.23. The van der Waals surface area contributed by atoms with E-state index in [0.29, 0.717) is 6.42 Å². The average Bonchev–Trinajstić information content (AvgIpc) is 3.01. The highest BCUT2D eigenvalue weighted by Gasteiger charge is 2.30. The Labute approximate surface area is 274 Å². The molecule has 0 saturated carbocycles. The maximum atomic E-state index is 13.7. The number of carbonyl (C=O) groups excluding carboxylic acids is 4. The van der Waals surface area contributed by atoms with Gasteiger partial charge in [0.05, 0.1) is 14.2 Å². The Hall–Kier alpha value is -5.02. The number of esters is 2. The standard InChI is InChI=1S/C31H46N8O8/c1-16(2)14-22(28(45)47-8)34-24(40)21(15-20-12-10-9-11-13-20)35-30-37-29(33-18(5)26(42)43)38-31(39-30)36-23(17(3)4)25(41)32-19(6)27(44)46-7/h9-13,16-19,21-23H,14-15H2,1-8H3,(H,32,41)(H,34,40)(H,42,43)(H3,33,35,36,37,38,39)/t18-,19-,21-,22-,23-/m0/s1. The Morgan fingerprint density at radius 3 is 1.77 bits per heavy atom. The van der Waals surface area contributed by atoms with Crippen LogP contribution >= 0.6 is 0 Å². The van der Waals surface area contributed by atoms with E-state index in [1.54, 1.807) is 13.8 Å². The molecule has 258 valence electrons. The van der Waals surface area contributed by atoms with Crippen LogP contribution in [0.1, 0.15) is 53.5 Å². The lowest BCUT2D eigenvalue weighted by atomic mass is 10.0. The summed E-state index contributed by atoms with van der Waals surface area (Å²) in [4.78, 5) is 75.7. The summed E-state index contributed by atoms with van der Waals surface area (Å²) in [7, 11) is 2.45. The highest BCUT2D eigenvalue weighted by atomic mass is 16.5. The summed E-state index contributed by atoms with van der Waals surface area (Å²) in [6.45, 7) is 10.2. The average molecular weight is 659 g/mol. The van der Waals surface area contributed by atoms with Crippen LogP contribution in [0, 0.1) is 11.8 Å². The zero-order chi connectivity index (χ0) is 35.3. The molecule has 1 aromatic heterocycles. The number of hydrogen-bond donors (Lipinski definition) is 6. The molecule has 0 fully saturated rings. The fraction of sp³-hybridized carbons (Fsp3) is 0.548. The number of amides is 2. The van der Waals surface area contributed by atoms with Gasteiger partial charge in [-0.25, -0.2) is 9.59 Å². The van der Waals surface area contributed by atoms with Crippen molar-refractivity contribution in [3.05, 3.63) is 35.9 Å². The summed E-state index contributed by atoms with van der Waals surface area (Å²) < 4.78 is 9.60. The number of methoxy groups -OCH3 is 2. The lowest BCUT2D eigenvalue weighted by molar-refractivity contribution is -0.145. The molecule has 2 rings (SSSR count). The Kier molecular flexibility index (Phi) is 14.8. The van der Waals surface area contributed by atoms with Gasteiger partial charge in [-0.1, -0.05) is 58.0 Å². The van der Waals surface area contributed by atoms with Crippen LogP contribution in [0.15, 0.2) is 30.3 Å². The van der Waals surface area contributed by atoms with E-state index in [2.05, 4.69) is 41.5 Å². The van der Waals surface area contributed by atoms with Gasteiger partial charge in [0.1, 0.15) is 30.2 Å². The molecule has 47 heavy (non-hydrogen) atoms. The van der Waals surface area contributed by atoms with E-state index < -0.39 is 59.9 Å². The molecule has 0 saturated heterocycles. The first kappa shape index (κ1) is 38.2. The topological polar surface area (TPSA) is 223 Å². The predicted octanol–water partition coefficient (Wildman–Crippen LogP) is 1.60. The molecular formula is C31H46N8O8.